The van der Waals surface area contributed by atoms with E-state index < -0.39 is 0 Å². The van der Waals surface area contributed by atoms with Crippen LogP contribution in [0.25, 0.3) is 0 Å². The SMILES string of the molecule is C=C1CNCCN1/C(=C\CCC)C(C)=O.CCc1cc(Cl)ccc1Cl. The molecule has 1 aromatic rings. The number of hydrogen-bond donors (Lipinski definition) is 1. The number of allylic oxidation sites excluding steroid dienone is 2. The molecule has 0 aromatic heterocycles. The molecule has 2 rings (SSSR count). The first-order valence-corrected chi connectivity index (χ1v) is 9.47. The first-order valence-electron chi connectivity index (χ1n) is 8.71. The third kappa shape index (κ3) is 7.23. The molecular weight excluding hydrogens is 355 g/mol. The lowest BCUT2D eigenvalue weighted by molar-refractivity contribution is -0.114. The average molecular weight is 383 g/mol. The zero-order valence-electron chi connectivity index (χ0n) is 15.4. The van der Waals surface area contributed by atoms with Crippen LogP contribution in [0.15, 0.2) is 42.2 Å². The minimum atomic E-state index is 0.131. The molecule has 0 amide bonds. The van der Waals surface area contributed by atoms with Crippen molar-refractivity contribution in [2.45, 2.75) is 40.0 Å². The van der Waals surface area contributed by atoms with Gasteiger partial charge in [0.25, 0.3) is 0 Å². The van der Waals surface area contributed by atoms with E-state index in [0.29, 0.717) is 0 Å². The highest BCUT2D eigenvalue weighted by molar-refractivity contribution is 6.33. The molecule has 1 aliphatic rings. The molecule has 0 atom stereocenters. The van der Waals surface area contributed by atoms with Gasteiger partial charge in [-0.15, -0.1) is 0 Å². The molecule has 0 bridgehead atoms. The Bertz CT molecular complexity index is 626. The van der Waals surface area contributed by atoms with Gasteiger partial charge in [-0.1, -0.05) is 56.1 Å². The van der Waals surface area contributed by atoms with E-state index in [-0.39, 0.29) is 5.78 Å². The van der Waals surface area contributed by atoms with Crippen LogP contribution < -0.4 is 5.32 Å². The lowest BCUT2D eigenvalue weighted by Gasteiger charge is -2.32. The van der Waals surface area contributed by atoms with Gasteiger partial charge < -0.3 is 10.2 Å². The molecule has 1 saturated heterocycles. The number of Topliss-reactive ketones (excluding diaryl/α,β-unsaturated/α-hetero) is 1. The fourth-order valence-corrected chi connectivity index (χ4v) is 2.95. The van der Waals surface area contributed by atoms with Crippen LogP contribution in [0.4, 0.5) is 0 Å². The quantitative estimate of drug-likeness (QED) is 0.707. The summed E-state index contributed by atoms with van der Waals surface area (Å²) in [4.78, 5) is 13.6. The minimum absolute atomic E-state index is 0.131. The van der Waals surface area contributed by atoms with Gasteiger partial charge >= 0.3 is 0 Å². The van der Waals surface area contributed by atoms with Crippen molar-refractivity contribution in [3.8, 4) is 0 Å². The third-order valence-corrected chi connectivity index (χ3v) is 4.49. The monoisotopic (exact) mass is 382 g/mol. The van der Waals surface area contributed by atoms with E-state index in [1.807, 2.05) is 23.1 Å². The maximum Gasteiger partial charge on any atom is 0.175 e. The summed E-state index contributed by atoms with van der Waals surface area (Å²) in [6.07, 6.45) is 4.97. The van der Waals surface area contributed by atoms with Crippen molar-refractivity contribution in [1.29, 1.82) is 0 Å². The molecule has 1 fully saturated rings. The van der Waals surface area contributed by atoms with Crippen molar-refractivity contribution < 1.29 is 4.79 Å². The number of ketones is 1. The van der Waals surface area contributed by atoms with Gasteiger partial charge in [0.15, 0.2) is 5.78 Å². The predicted octanol–water partition coefficient (Wildman–Crippen LogP) is 5.23. The van der Waals surface area contributed by atoms with Crippen LogP contribution in [0.5, 0.6) is 0 Å². The summed E-state index contributed by atoms with van der Waals surface area (Å²) in [7, 11) is 0. The summed E-state index contributed by atoms with van der Waals surface area (Å²) in [6.45, 7) is 12.3. The maximum atomic E-state index is 11.5. The average Bonchev–Trinajstić information content (AvgIpc) is 2.59. The van der Waals surface area contributed by atoms with Crippen LogP contribution in [0.2, 0.25) is 10.0 Å². The molecule has 25 heavy (non-hydrogen) atoms. The second-order valence-electron chi connectivity index (χ2n) is 5.92. The number of aryl methyl sites for hydroxylation is 1. The fraction of sp³-hybridized carbons (Fsp3) is 0.450. The summed E-state index contributed by atoms with van der Waals surface area (Å²) < 4.78 is 0. The van der Waals surface area contributed by atoms with Gasteiger partial charge in [-0.2, -0.15) is 0 Å². The number of piperazine rings is 1. The van der Waals surface area contributed by atoms with Gasteiger partial charge in [0.05, 0.1) is 5.70 Å². The van der Waals surface area contributed by atoms with Crippen molar-refractivity contribution in [3.63, 3.8) is 0 Å². The van der Waals surface area contributed by atoms with E-state index >= 15 is 0 Å². The normalized spacial score (nSPS) is 14.8. The molecule has 1 aromatic carbocycles. The Morgan fingerprint density at radius 1 is 1.36 bits per heavy atom. The second-order valence-corrected chi connectivity index (χ2v) is 6.76. The Labute approximate surface area is 161 Å². The van der Waals surface area contributed by atoms with Gasteiger partial charge in [-0.25, -0.2) is 0 Å². The van der Waals surface area contributed by atoms with Crippen molar-refractivity contribution in [2.75, 3.05) is 19.6 Å². The zero-order chi connectivity index (χ0) is 18.8. The number of carbonyl (C=O) groups excluding carboxylic acids is 1. The Kier molecular flexibility index (Phi) is 9.88. The number of nitrogens with zero attached hydrogens (tertiary/aromatic N) is 1. The Balaban J connectivity index is 0.000000271. The topological polar surface area (TPSA) is 32.3 Å². The molecule has 1 N–H and O–H groups in total. The van der Waals surface area contributed by atoms with E-state index in [1.54, 1.807) is 13.0 Å². The molecular formula is C20H28Cl2N2O. The van der Waals surface area contributed by atoms with Gasteiger partial charge in [-0.05, 0) is 36.6 Å². The first kappa shape index (κ1) is 21.8. The highest BCUT2D eigenvalue weighted by Gasteiger charge is 2.18. The van der Waals surface area contributed by atoms with E-state index in [4.69, 9.17) is 23.2 Å². The highest BCUT2D eigenvalue weighted by Crippen LogP contribution is 2.20. The number of benzene rings is 1. The molecule has 3 nitrogen and oxygen atoms in total. The molecule has 0 saturated carbocycles. The van der Waals surface area contributed by atoms with Gasteiger partial charge in [0.2, 0.25) is 0 Å². The highest BCUT2D eigenvalue weighted by atomic mass is 35.5. The largest absolute Gasteiger partial charge is 0.341 e. The summed E-state index contributed by atoms with van der Waals surface area (Å²) in [5.74, 6) is 0.131. The van der Waals surface area contributed by atoms with E-state index in [1.165, 1.54) is 0 Å². The van der Waals surface area contributed by atoms with Crippen molar-refractivity contribution in [3.05, 3.63) is 57.9 Å². The Morgan fingerprint density at radius 2 is 2.08 bits per heavy atom. The van der Waals surface area contributed by atoms with Crippen LogP contribution in [-0.4, -0.2) is 30.3 Å². The molecule has 1 aliphatic heterocycles. The molecule has 138 valence electrons. The summed E-state index contributed by atoms with van der Waals surface area (Å²) >= 11 is 11.6. The fourth-order valence-electron chi connectivity index (χ4n) is 2.51. The number of rotatable bonds is 5. The van der Waals surface area contributed by atoms with Gasteiger partial charge in [-0.3, -0.25) is 4.79 Å². The standard InChI is InChI=1S/C12H20N2O.C8H8Cl2/c1-4-5-6-12(11(3)15)14-8-7-13-9-10(14)2;1-2-6-5-7(9)3-4-8(6)10/h6,13H,2,4-5,7-9H2,1,3H3;3-5H,2H2,1H3/b12-6-;. The predicted molar refractivity (Wildman–Crippen MR) is 108 cm³/mol. The lowest BCUT2D eigenvalue weighted by atomic mass is 10.1. The summed E-state index contributed by atoms with van der Waals surface area (Å²) in [6, 6.07) is 5.51. The molecule has 0 spiro atoms. The van der Waals surface area contributed by atoms with Crippen molar-refractivity contribution in [1.82, 2.24) is 10.2 Å². The smallest absolute Gasteiger partial charge is 0.175 e. The minimum Gasteiger partial charge on any atom is -0.341 e. The van der Waals surface area contributed by atoms with Crippen LogP contribution in [0.3, 0.4) is 0 Å². The second kappa shape index (κ2) is 11.3. The van der Waals surface area contributed by atoms with Crippen LogP contribution in [0, 0.1) is 0 Å². The van der Waals surface area contributed by atoms with E-state index in [2.05, 4.69) is 25.7 Å². The summed E-state index contributed by atoms with van der Waals surface area (Å²) in [5.41, 5.74) is 2.90. The van der Waals surface area contributed by atoms with Crippen LogP contribution in [-0.2, 0) is 11.2 Å². The lowest BCUT2D eigenvalue weighted by Crippen LogP contribution is -2.42. The molecule has 0 aliphatic carbocycles. The maximum absolute atomic E-state index is 11.5. The number of nitrogens with one attached hydrogen (secondary N) is 1. The molecule has 0 unspecified atom stereocenters. The van der Waals surface area contributed by atoms with Crippen molar-refractivity contribution >= 4 is 29.0 Å². The number of hydrogen-bond acceptors (Lipinski definition) is 3. The molecule has 0 radical (unpaired) electrons. The summed E-state index contributed by atoms with van der Waals surface area (Å²) in [5, 5.41) is 4.78. The van der Waals surface area contributed by atoms with E-state index in [0.717, 1.165) is 65.9 Å². The third-order valence-electron chi connectivity index (χ3n) is 3.89. The number of halogens is 2. The molecule has 1 heterocycles. The Hall–Kier alpha value is -1.29. The molecule has 5 heteroatoms. The van der Waals surface area contributed by atoms with E-state index in [9.17, 15) is 4.79 Å². The first-order chi connectivity index (χ1) is 11.9. The van der Waals surface area contributed by atoms with Crippen LogP contribution in [0.1, 0.15) is 39.2 Å². The number of carbonyl (C=O) groups is 1. The van der Waals surface area contributed by atoms with Crippen LogP contribution >= 0.6 is 23.2 Å². The van der Waals surface area contributed by atoms with Gasteiger partial charge in [0, 0.05) is 42.3 Å². The van der Waals surface area contributed by atoms with Crippen molar-refractivity contribution in [2.24, 2.45) is 0 Å². The number of unbranched alkanes of at least 4 members (excludes halogenated alkanes) is 1. The Morgan fingerprint density at radius 3 is 2.60 bits per heavy atom. The zero-order valence-corrected chi connectivity index (χ0v) is 16.9. The van der Waals surface area contributed by atoms with Gasteiger partial charge in [0.1, 0.15) is 0 Å².